The molecule has 57 heavy (non-hydrogen) atoms. The summed E-state index contributed by atoms with van der Waals surface area (Å²) in [4.78, 5) is 69.3. The molecule has 18 nitrogen and oxygen atoms in total. The number of benzene rings is 2. The Bertz CT molecular complexity index is 1830. The average Bonchev–Trinajstić information content (AvgIpc) is 3.17. The maximum absolute atomic E-state index is 14.4. The van der Waals surface area contributed by atoms with Crippen molar-refractivity contribution in [2.45, 2.75) is 76.7 Å². The monoisotopic (exact) mass is 817 g/mol. The summed E-state index contributed by atoms with van der Waals surface area (Å²) in [5.41, 5.74) is 19.1. The van der Waals surface area contributed by atoms with Crippen molar-refractivity contribution in [3.05, 3.63) is 47.5 Å². The lowest BCUT2D eigenvalue weighted by molar-refractivity contribution is -0.141. The molecule has 5 atom stereocenters. The Morgan fingerprint density at radius 1 is 0.930 bits per heavy atom. The number of nitrogens with zero attached hydrogens (tertiary/aromatic N) is 1. The maximum Gasteiger partial charge on any atom is 0.248 e. The molecule has 5 unspecified atom stereocenters. The summed E-state index contributed by atoms with van der Waals surface area (Å²) in [6.07, 6.45) is 1.03. The van der Waals surface area contributed by atoms with Gasteiger partial charge in [-0.05, 0) is 82.6 Å². The standard InChI is InChI=1S/C38H59N9O9S/c1-23(25(3)48)43-36(50)31-21-26-9-11-32(55-17-14-40)28(20-26)29-22-27(10-12-33(29)56-18-15-41)34(37(51)44-24(2)35(49)45-31)47(5)38(52)30(8-6-7-13-39)46-57(53,54)19-16-42-4/h9-12,20,22-24,30-31,34,42,46H,6-8,13-19,21,39-41H2,1-5H3,(H,43,50)(H,44,51)(H,45,49). The summed E-state index contributed by atoms with van der Waals surface area (Å²) in [6.45, 7) is 5.40. The zero-order valence-electron chi connectivity index (χ0n) is 33.4. The summed E-state index contributed by atoms with van der Waals surface area (Å²) in [5, 5.41) is 10.8. The van der Waals surface area contributed by atoms with Gasteiger partial charge < -0.3 is 52.8 Å². The van der Waals surface area contributed by atoms with Crippen LogP contribution in [0.4, 0.5) is 0 Å². The first-order valence-electron chi connectivity index (χ1n) is 19.0. The number of Topliss-reactive ketones (excluding diaryl/α,β-unsaturated/α-hetero) is 1. The van der Waals surface area contributed by atoms with E-state index in [4.69, 9.17) is 26.7 Å². The highest BCUT2D eigenvalue weighted by Gasteiger charge is 2.37. The van der Waals surface area contributed by atoms with Crippen LogP contribution in [-0.2, 0) is 40.4 Å². The number of carbonyl (C=O) groups excluding carboxylic acids is 5. The third-order valence-corrected chi connectivity index (χ3v) is 10.8. The molecule has 2 aromatic carbocycles. The van der Waals surface area contributed by atoms with E-state index in [0.29, 0.717) is 53.1 Å². The Morgan fingerprint density at radius 2 is 1.56 bits per heavy atom. The molecule has 2 aromatic rings. The van der Waals surface area contributed by atoms with Gasteiger partial charge in [-0.1, -0.05) is 18.6 Å². The SMILES string of the molecule is CNCCS(=O)(=O)NC(CCCCN)C(=O)N(C)C1C(=O)NC(C)C(=O)NC(C(=O)NC(C)C(C)=O)Cc2ccc(OCCN)c(c2)-c2cc1ccc2OCCN. The minimum Gasteiger partial charge on any atom is -0.492 e. The molecule has 0 radical (unpaired) electrons. The molecule has 4 bridgehead atoms. The molecule has 0 fully saturated rings. The number of amides is 4. The van der Waals surface area contributed by atoms with Gasteiger partial charge in [-0.3, -0.25) is 24.0 Å². The Morgan fingerprint density at radius 3 is 2.16 bits per heavy atom. The lowest BCUT2D eigenvalue weighted by atomic mass is 9.93. The van der Waals surface area contributed by atoms with Gasteiger partial charge >= 0.3 is 0 Å². The number of likely N-dealkylation sites (N-methyl/N-ethyl adjacent to an activating group) is 1. The second-order valence-electron chi connectivity index (χ2n) is 13.9. The number of nitrogens with two attached hydrogens (primary N) is 3. The number of unbranched alkanes of at least 4 members (excludes halogenated alkanes) is 1. The van der Waals surface area contributed by atoms with E-state index in [1.807, 2.05) is 0 Å². The first kappa shape index (κ1) is 46.7. The number of ketones is 1. The topological polar surface area (TPSA) is 279 Å². The van der Waals surface area contributed by atoms with Gasteiger partial charge in [-0.15, -0.1) is 0 Å². The number of ether oxygens (including phenoxy) is 2. The van der Waals surface area contributed by atoms with E-state index in [1.165, 1.54) is 27.8 Å². The van der Waals surface area contributed by atoms with E-state index >= 15 is 0 Å². The van der Waals surface area contributed by atoms with Gasteiger partial charge in [0, 0.05) is 44.2 Å². The van der Waals surface area contributed by atoms with Crippen LogP contribution in [0.2, 0.25) is 0 Å². The highest BCUT2D eigenvalue weighted by molar-refractivity contribution is 7.89. The Hall–Kier alpha value is -4.66. The van der Waals surface area contributed by atoms with E-state index in [9.17, 15) is 32.4 Å². The van der Waals surface area contributed by atoms with Crippen molar-refractivity contribution in [2.75, 3.05) is 59.2 Å². The minimum atomic E-state index is -3.94. The summed E-state index contributed by atoms with van der Waals surface area (Å²) in [6, 6.07) is 4.15. The largest absolute Gasteiger partial charge is 0.492 e. The lowest BCUT2D eigenvalue weighted by Crippen LogP contribution is -2.56. The second-order valence-corrected chi connectivity index (χ2v) is 15.8. The number of carbonyl (C=O) groups is 5. The molecule has 1 aliphatic heterocycles. The predicted octanol–water partition coefficient (Wildman–Crippen LogP) is -1.20. The molecule has 0 aromatic heterocycles. The Kier molecular flexibility index (Phi) is 18.3. The second kappa shape index (κ2) is 22.3. The highest BCUT2D eigenvalue weighted by atomic mass is 32.2. The molecule has 19 heteroatoms. The fourth-order valence-corrected chi connectivity index (χ4v) is 7.35. The van der Waals surface area contributed by atoms with Crippen molar-refractivity contribution in [3.63, 3.8) is 0 Å². The van der Waals surface area contributed by atoms with Crippen molar-refractivity contribution in [2.24, 2.45) is 17.2 Å². The predicted molar refractivity (Wildman–Crippen MR) is 216 cm³/mol. The third kappa shape index (κ3) is 13.5. The minimum absolute atomic E-state index is 0.0125. The summed E-state index contributed by atoms with van der Waals surface area (Å²) in [7, 11) is -0.956. The van der Waals surface area contributed by atoms with Gasteiger partial charge in [-0.2, -0.15) is 0 Å². The zero-order valence-corrected chi connectivity index (χ0v) is 34.2. The molecule has 1 heterocycles. The molecule has 1 aliphatic rings. The van der Waals surface area contributed by atoms with E-state index in [1.54, 1.807) is 43.4 Å². The fourth-order valence-electron chi connectivity index (χ4n) is 6.11. The van der Waals surface area contributed by atoms with E-state index in [2.05, 4.69) is 26.0 Å². The lowest BCUT2D eigenvalue weighted by Gasteiger charge is -2.32. The Balaban J connectivity index is 2.29. The van der Waals surface area contributed by atoms with Gasteiger partial charge in [0.15, 0.2) is 5.78 Å². The van der Waals surface area contributed by atoms with Crippen molar-refractivity contribution < 1.29 is 41.9 Å². The summed E-state index contributed by atoms with van der Waals surface area (Å²) < 4.78 is 40.8. The van der Waals surface area contributed by atoms with Crippen LogP contribution in [0.25, 0.3) is 11.1 Å². The molecular formula is C38H59N9O9S. The fraction of sp³-hybridized carbons (Fsp3) is 0.553. The Labute approximate surface area is 334 Å². The van der Waals surface area contributed by atoms with Gasteiger partial charge in [0.1, 0.15) is 48.9 Å². The van der Waals surface area contributed by atoms with Crippen LogP contribution in [0, 0.1) is 0 Å². The van der Waals surface area contributed by atoms with Crippen LogP contribution < -0.4 is 52.7 Å². The number of hydrogen-bond acceptors (Lipinski definition) is 13. The normalized spacial score (nSPS) is 18.3. The number of sulfonamides is 1. The number of fused-ring (bicyclic) bond motifs is 5. The van der Waals surface area contributed by atoms with Gasteiger partial charge in [0.05, 0.1) is 11.8 Å². The highest BCUT2D eigenvalue weighted by Crippen LogP contribution is 2.40. The van der Waals surface area contributed by atoms with E-state index in [0.717, 1.165) is 4.90 Å². The average molecular weight is 818 g/mol. The van der Waals surface area contributed by atoms with E-state index in [-0.39, 0.29) is 57.2 Å². The zero-order chi connectivity index (χ0) is 42.3. The summed E-state index contributed by atoms with van der Waals surface area (Å²) in [5.74, 6) is -2.65. The first-order chi connectivity index (χ1) is 27.1. The van der Waals surface area contributed by atoms with Crippen molar-refractivity contribution in [1.82, 2.24) is 30.9 Å². The van der Waals surface area contributed by atoms with Crippen LogP contribution in [0.5, 0.6) is 11.5 Å². The molecule has 11 N–H and O–H groups in total. The van der Waals surface area contributed by atoms with E-state index < -0.39 is 63.9 Å². The number of hydrogen-bond donors (Lipinski definition) is 8. The van der Waals surface area contributed by atoms with Gasteiger partial charge in [0.25, 0.3) is 0 Å². The molecular weight excluding hydrogens is 759 g/mol. The molecule has 4 amide bonds. The number of nitrogens with one attached hydrogen (secondary N) is 5. The van der Waals surface area contributed by atoms with Crippen LogP contribution in [0.15, 0.2) is 36.4 Å². The van der Waals surface area contributed by atoms with Crippen LogP contribution in [0.1, 0.15) is 57.2 Å². The number of rotatable bonds is 20. The van der Waals surface area contributed by atoms with Crippen LogP contribution >= 0.6 is 0 Å². The smallest absolute Gasteiger partial charge is 0.248 e. The molecule has 0 saturated carbocycles. The third-order valence-electron chi connectivity index (χ3n) is 9.37. The van der Waals surface area contributed by atoms with Crippen molar-refractivity contribution in [3.8, 4) is 22.6 Å². The summed E-state index contributed by atoms with van der Waals surface area (Å²) >= 11 is 0. The van der Waals surface area contributed by atoms with Crippen molar-refractivity contribution in [1.29, 1.82) is 0 Å². The van der Waals surface area contributed by atoms with Crippen molar-refractivity contribution >= 4 is 39.4 Å². The molecule has 3 rings (SSSR count). The molecule has 316 valence electrons. The molecule has 0 spiro atoms. The molecule has 0 aliphatic carbocycles. The maximum atomic E-state index is 14.4. The van der Waals surface area contributed by atoms with Gasteiger partial charge in [-0.25, -0.2) is 13.1 Å². The van der Waals surface area contributed by atoms with Crippen LogP contribution in [0.3, 0.4) is 0 Å². The molecule has 0 saturated heterocycles. The quantitative estimate of drug-likeness (QED) is 0.0731. The van der Waals surface area contributed by atoms with Gasteiger partial charge in [0.2, 0.25) is 33.7 Å². The first-order valence-corrected chi connectivity index (χ1v) is 20.7. The van der Waals surface area contributed by atoms with Crippen LogP contribution in [-0.4, -0.2) is 126 Å².